The number of piperidine rings is 1. The maximum Gasteiger partial charge on any atom is 0.184 e. The van der Waals surface area contributed by atoms with E-state index in [-0.39, 0.29) is 24.1 Å². The molecule has 3 nitrogen and oxygen atoms in total. The van der Waals surface area contributed by atoms with Crippen LogP contribution in [0, 0.1) is 5.92 Å². The zero-order valence-corrected chi connectivity index (χ0v) is 13.9. The van der Waals surface area contributed by atoms with Gasteiger partial charge in [0, 0.05) is 18.8 Å². The number of carbonyl (C=O) groups is 1. The van der Waals surface area contributed by atoms with Crippen LogP contribution in [0.1, 0.15) is 23.3 Å². The minimum absolute atomic E-state index is 0. The molecule has 0 radical (unpaired) electrons. The lowest BCUT2D eigenvalue weighted by Crippen LogP contribution is -3.00. The van der Waals surface area contributed by atoms with Crippen LogP contribution < -0.4 is 12.4 Å². The first-order chi connectivity index (χ1) is 8.54. The van der Waals surface area contributed by atoms with E-state index in [0.29, 0.717) is 16.3 Å². The van der Waals surface area contributed by atoms with E-state index >= 15 is 0 Å². The van der Waals surface area contributed by atoms with Crippen molar-refractivity contribution < 1.29 is 21.7 Å². The second-order valence-corrected chi connectivity index (χ2v) is 6.22. The first-order valence-electron chi connectivity index (χ1n) is 6.10. The van der Waals surface area contributed by atoms with E-state index in [2.05, 4.69) is 28.0 Å². The molecule has 0 aliphatic carbocycles. The van der Waals surface area contributed by atoms with Crippen molar-refractivity contribution in [3.05, 3.63) is 28.5 Å². The molecular weight excluding hydrogens is 351 g/mol. The third-order valence-electron chi connectivity index (χ3n) is 3.66. The number of aromatic nitrogens is 1. The predicted molar refractivity (Wildman–Crippen MR) is 75.6 cm³/mol. The van der Waals surface area contributed by atoms with Gasteiger partial charge in [0.1, 0.15) is 10.3 Å². The molecule has 6 heteroatoms. The van der Waals surface area contributed by atoms with E-state index in [1.165, 1.54) is 0 Å². The zero-order valence-electron chi connectivity index (χ0n) is 10.8. The lowest BCUT2D eigenvalue weighted by atomic mass is 9.90. The molecule has 0 aromatic carbocycles. The molecular formula is C13H17BrCl2N2O. The fourth-order valence-electron chi connectivity index (χ4n) is 2.33. The molecule has 0 atom stereocenters. The number of carbonyl (C=O) groups excluding carboxylic acids is 1. The Morgan fingerprint density at radius 2 is 2.11 bits per heavy atom. The summed E-state index contributed by atoms with van der Waals surface area (Å²) >= 11 is 9.26. The topological polar surface area (TPSA) is 30.0 Å². The number of nitrogens with zero attached hydrogens (tertiary/aromatic N) is 2. The molecule has 0 N–H and O–H groups in total. The Labute approximate surface area is 133 Å². The van der Waals surface area contributed by atoms with Crippen LogP contribution in [0.2, 0.25) is 0 Å². The van der Waals surface area contributed by atoms with Gasteiger partial charge in [-0.2, -0.15) is 0 Å². The molecule has 1 aliphatic heterocycles. The molecule has 2 heterocycles. The summed E-state index contributed by atoms with van der Waals surface area (Å²) in [7, 11) is 2.14. The van der Waals surface area contributed by atoms with Crippen molar-refractivity contribution in [2.45, 2.75) is 12.8 Å². The monoisotopic (exact) mass is 366 g/mol. The average molecular weight is 368 g/mol. The smallest absolute Gasteiger partial charge is 0.184 e. The van der Waals surface area contributed by atoms with E-state index in [1.54, 1.807) is 6.07 Å². The molecule has 1 aromatic rings. The Kier molecular flexibility index (Phi) is 6.24. The van der Waals surface area contributed by atoms with E-state index in [0.717, 1.165) is 30.4 Å². The van der Waals surface area contributed by atoms with Crippen LogP contribution in [0.3, 0.4) is 0 Å². The lowest BCUT2D eigenvalue weighted by Gasteiger charge is -2.38. The van der Waals surface area contributed by atoms with Crippen LogP contribution in [-0.4, -0.2) is 41.4 Å². The SMILES string of the molecule is C[N+]1(CCl)CCC(C(=O)c2cccc(Br)n2)CC1.[Cl-]. The molecule has 2 rings (SSSR count). The number of alkyl halides is 1. The summed E-state index contributed by atoms with van der Waals surface area (Å²) < 4.78 is 1.57. The van der Waals surface area contributed by atoms with Gasteiger partial charge in [-0.1, -0.05) is 17.7 Å². The van der Waals surface area contributed by atoms with Crippen molar-refractivity contribution in [3.63, 3.8) is 0 Å². The van der Waals surface area contributed by atoms with Crippen molar-refractivity contribution in [2.75, 3.05) is 26.1 Å². The maximum atomic E-state index is 12.3. The summed E-state index contributed by atoms with van der Waals surface area (Å²) in [4.78, 5) is 16.6. The summed E-state index contributed by atoms with van der Waals surface area (Å²) in [5, 5.41) is 0. The number of pyridine rings is 1. The third-order valence-corrected chi connectivity index (χ3v) is 4.68. The van der Waals surface area contributed by atoms with Crippen LogP contribution in [0.5, 0.6) is 0 Å². The number of ketones is 1. The van der Waals surface area contributed by atoms with Gasteiger partial charge in [0.25, 0.3) is 0 Å². The van der Waals surface area contributed by atoms with Crippen molar-refractivity contribution in [3.8, 4) is 0 Å². The number of likely N-dealkylation sites (tertiary alicyclic amines) is 1. The van der Waals surface area contributed by atoms with Crippen molar-refractivity contribution >= 4 is 33.3 Å². The molecule has 0 amide bonds. The van der Waals surface area contributed by atoms with Crippen LogP contribution in [-0.2, 0) is 0 Å². The fraction of sp³-hybridized carbons (Fsp3) is 0.538. The van der Waals surface area contributed by atoms with Crippen LogP contribution in [0.15, 0.2) is 22.8 Å². The van der Waals surface area contributed by atoms with Gasteiger partial charge in [0.2, 0.25) is 0 Å². The highest BCUT2D eigenvalue weighted by atomic mass is 79.9. The molecule has 1 aliphatic rings. The molecule has 106 valence electrons. The minimum Gasteiger partial charge on any atom is -1.00 e. The highest BCUT2D eigenvalue weighted by Crippen LogP contribution is 2.25. The Morgan fingerprint density at radius 1 is 1.47 bits per heavy atom. The lowest BCUT2D eigenvalue weighted by molar-refractivity contribution is -0.904. The van der Waals surface area contributed by atoms with Gasteiger partial charge >= 0.3 is 0 Å². The molecule has 0 spiro atoms. The van der Waals surface area contributed by atoms with E-state index in [4.69, 9.17) is 11.6 Å². The quantitative estimate of drug-likeness (QED) is 0.249. The van der Waals surface area contributed by atoms with Gasteiger partial charge in [0.15, 0.2) is 11.8 Å². The summed E-state index contributed by atoms with van der Waals surface area (Å²) in [6, 6.07) is 6.10. The molecule has 0 saturated carbocycles. The first kappa shape index (κ1) is 16.9. The summed E-state index contributed by atoms with van der Waals surface area (Å²) in [6.07, 6.45) is 1.80. The first-order valence-corrected chi connectivity index (χ1v) is 7.43. The normalized spacial score (nSPS) is 26.6. The highest BCUT2D eigenvalue weighted by Gasteiger charge is 2.33. The molecule has 1 aromatic heterocycles. The number of hydrogen-bond acceptors (Lipinski definition) is 2. The van der Waals surface area contributed by atoms with Gasteiger partial charge < -0.3 is 16.9 Å². The summed E-state index contributed by atoms with van der Waals surface area (Å²) in [5.74, 6) is 0.262. The van der Waals surface area contributed by atoms with E-state index < -0.39 is 0 Å². The Bertz CT molecular complexity index is 448. The number of Topliss-reactive ketones (excluding diaryl/α,β-unsaturated/α-hetero) is 1. The van der Waals surface area contributed by atoms with Gasteiger partial charge in [0.05, 0.1) is 20.1 Å². The maximum absolute atomic E-state index is 12.3. The van der Waals surface area contributed by atoms with Crippen LogP contribution in [0.4, 0.5) is 0 Å². The largest absolute Gasteiger partial charge is 1.00 e. The molecule has 0 bridgehead atoms. The number of halogens is 3. The van der Waals surface area contributed by atoms with Gasteiger partial charge in [-0.05, 0) is 28.1 Å². The fourth-order valence-corrected chi connectivity index (χ4v) is 2.91. The van der Waals surface area contributed by atoms with Crippen molar-refractivity contribution in [1.82, 2.24) is 4.98 Å². The minimum atomic E-state index is 0. The Morgan fingerprint density at radius 3 is 2.63 bits per heavy atom. The highest BCUT2D eigenvalue weighted by molar-refractivity contribution is 9.10. The van der Waals surface area contributed by atoms with Crippen LogP contribution in [0.25, 0.3) is 0 Å². The third kappa shape index (κ3) is 4.15. The van der Waals surface area contributed by atoms with Gasteiger partial charge in [-0.3, -0.25) is 4.79 Å². The Balaban J connectivity index is 0.00000180. The zero-order chi connectivity index (χ0) is 13.2. The van der Waals surface area contributed by atoms with E-state index in [9.17, 15) is 4.79 Å². The summed E-state index contributed by atoms with van der Waals surface area (Å²) in [5.41, 5.74) is 0.566. The van der Waals surface area contributed by atoms with Gasteiger partial charge in [-0.15, -0.1) is 0 Å². The standard InChI is InChI=1S/C13H17BrClN2O.ClH/c1-17(9-15)7-5-10(6-8-17)13(18)11-3-2-4-12(14)16-11;/h2-4,10H,5-9H2,1H3;1H/q+1;/p-1. The second kappa shape index (κ2) is 7.02. The van der Waals surface area contributed by atoms with Gasteiger partial charge in [-0.25, -0.2) is 4.98 Å². The second-order valence-electron chi connectivity index (χ2n) is 5.17. The number of quaternary nitrogens is 1. The number of hydrogen-bond donors (Lipinski definition) is 0. The van der Waals surface area contributed by atoms with Crippen LogP contribution >= 0.6 is 27.5 Å². The number of rotatable bonds is 3. The molecule has 1 saturated heterocycles. The molecule has 1 fully saturated rings. The summed E-state index contributed by atoms with van der Waals surface area (Å²) in [6.45, 7) is 1.93. The Hall–Kier alpha value is -0.160. The molecule has 19 heavy (non-hydrogen) atoms. The van der Waals surface area contributed by atoms with Crippen molar-refractivity contribution in [2.24, 2.45) is 5.92 Å². The predicted octanol–water partition coefficient (Wildman–Crippen LogP) is 0.0837. The average Bonchev–Trinajstić information content (AvgIpc) is 2.39. The molecule has 0 unspecified atom stereocenters. The van der Waals surface area contributed by atoms with Crippen molar-refractivity contribution in [1.29, 1.82) is 0 Å². The van der Waals surface area contributed by atoms with E-state index in [1.807, 2.05) is 12.1 Å².